The van der Waals surface area contributed by atoms with Crippen LogP contribution in [0.5, 0.6) is 0 Å². The summed E-state index contributed by atoms with van der Waals surface area (Å²) in [6.45, 7) is 7.65. The standard InChI is InChI=1S/C30H62N2O/c1-5-7-9-11-13-15-16-17-19-21-23-25-28-32(3,4)29-27-31-30(33)26-24-22-20-18-14-12-10-8-6-2/h5-29H2,1-4H3/p+1. The van der Waals surface area contributed by atoms with E-state index >= 15 is 0 Å². The van der Waals surface area contributed by atoms with Crippen molar-refractivity contribution in [2.75, 3.05) is 33.7 Å². The summed E-state index contributed by atoms with van der Waals surface area (Å²) in [7, 11) is 4.62. The van der Waals surface area contributed by atoms with E-state index < -0.39 is 0 Å². The molecule has 0 saturated carbocycles. The second-order valence-electron chi connectivity index (χ2n) is 11.2. The summed E-state index contributed by atoms with van der Waals surface area (Å²) < 4.78 is 1.02. The highest BCUT2D eigenvalue weighted by Gasteiger charge is 2.14. The van der Waals surface area contributed by atoms with Crippen LogP contribution in [0.4, 0.5) is 0 Å². The number of likely N-dealkylation sites (N-methyl/N-ethyl adjacent to an activating group) is 1. The molecule has 0 aromatic carbocycles. The highest BCUT2D eigenvalue weighted by molar-refractivity contribution is 5.75. The molecular weight excluding hydrogens is 404 g/mol. The van der Waals surface area contributed by atoms with Crippen molar-refractivity contribution in [2.45, 2.75) is 155 Å². The van der Waals surface area contributed by atoms with Gasteiger partial charge in [-0.3, -0.25) is 4.79 Å². The van der Waals surface area contributed by atoms with Crippen LogP contribution in [0.15, 0.2) is 0 Å². The van der Waals surface area contributed by atoms with Crippen molar-refractivity contribution >= 4 is 5.91 Å². The Bertz CT molecular complexity index is 408. The number of rotatable bonds is 26. The maximum absolute atomic E-state index is 12.1. The summed E-state index contributed by atoms with van der Waals surface area (Å²) in [4.78, 5) is 12.1. The number of nitrogens with one attached hydrogen (secondary N) is 1. The van der Waals surface area contributed by atoms with Gasteiger partial charge in [0.15, 0.2) is 0 Å². The van der Waals surface area contributed by atoms with Gasteiger partial charge in [-0.25, -0.2) is 0 Å². The van der Waals surface area contributed by atoms with E-state index in [2.05, 4.69) is 33.3 Å². The molecule has 0 saturated heterocycles. The third-order valence-electron chi connectivity index (χ3n) is 7.16. The number of quaternary nitrogens is 1. The molecule has 0 bridgehead atoms. The first-order chi connectivity index (χ1) is 16.0. The Kier molecular flexibility index (Phi) is 24.1. The molecule has 1 N–H and O–H groups in total. The van der Waals surface area contributed by atoms with Crippen molar-refractivity contribution in [3.63, 3.8) is 0 Å². The normalized spacial score (nSPS) is 11.8. The van der Waals surface area contributed by atoms with E-state index in [0.29, 0.717) is 6.42 Å². The van der Waals surface area contributed by atoms with Gasteiger partial charge in [-0.1, -0.05) is 129 Å². The SMILES string of the molecule is CCCCCCCCCCCCCC[N+](C)(C)CCNC(=O)CCCCCCCCCCC. The Labute approximate surface area is 209 Å². The van der Waals surface area contributed by atoms with Gasteiger partial charge in [-0.15, -0.1) is 0 Å². The molecule has 33 heavy (non-hydrogen) atoms. The summed E-state index contributed by atoms with van der Waals surface area (Å²) in [6, 6.07) is 0. The average Bonchev–Trinajstić information content (AvgIpc) is 2.78. The van der Waals surface area contributed by atoms with Crippen LogP contribution in [0.2, 0.25) is 0 Å². The van der Waals surface area contributed by atoms with E-state index in [0.717, 1.165) is 24.0 Å². The number of hydrogen-bond donors (Lipinski definition) is 1. The lowest BCUT2D eigenvalue weighted by atomic mass is 10.1. The lowest BCUT2D eigenvalue weighted by Gasteiger charge is -2.30. The molecule has 0 rings (SSSR count). The molecule has 198 valence electrons. The minimum absolute atomic E-state index is 0.253. The molecular formula is C30H63N2O+. The van der Waals surface area contributed by atoms with Gasteiger partial charge in [0.05, 0.1) is 33.7 Å². The molecule has 0 aromatic heterocycles. The summed E-state index contributed by atoms with van der Waals surface area (Å²) in [6.07, 6.45) is 29.4. The lowest BCUT2D eigenvalue weighted by Crippen LogP contribution is -2.45. The molecule has 0 spiro atoms. The minimum Gasteiger partial charge on any atom is -0.350 e. The number of unbranched alkanes of at least 4 members (excludes halogenated alkanes) is 19. The maximum Gasteiger partial charge on any atom is 0.220 e. The molecule has 0 aliphatic carbocycles. The first-order valence-electron chi connectivity index (χ1n) is 15.1. The molecule has 3 heteroatoms. The first-order valence-corrected chi connectivity index (χ1v) is 15.1. The average molecular weight is 468 g/mol. The fourth-order valence-corrected chi connectivity index (χ4v) is 4.68. The lowest BCUT2D eigenvalue weighted by molar-refractivity contribution is -0.889. The van der Waals surface area contributed by atoms with Crippen LogP contribution in [-0.4, -0.2) is 44.1 Å². The second-order valence-corrected chi connectivity index (χ2v) is 11.2. The van der Waals surface area contributed by atoms with Crippen molar-refractivity contribution in [2.24, 2.45) is 0 Å². The predicted octanol–water partition coefficient (Wildman–Crippen LogP) is 8.80. The largest absolute Gasteiger partial charge is 0.350 e. The van der Waals surface area contributed by atoms with Crippen LogP contribution >= 0.6 is 0 Å². The van der Waals surface area contributed by atoms with Gasteiger partial charge in [-0.2, -0.15) is 0 Å². The van der Waals surface area contributed by atoms with E-state index in [1.807, 2.05) is 0 Å². The molecule has 0 unspecified atom stereocenters. The zero-order valence-corrected chi connectivity index (χ0v) is 23.5. The second kappa shape index (κ2) is 24.6. The number of carbonyl (C=O) groups excluding carboxylic acids is 1. The quantitative estimate of drug-likeness (QED) is 0.0999. The Hall–Kier alpha value is -0.570. The topological polar surface area (TPSA) is 29.1 Å². The van der Waals surface area contributed by atoms with Gasteiger partial charge in [-0.05, 0) is 19.3 Å². The number of amides is 1. The van der Waals surface area contributed by atoms with E-state index in [4.69, 9.17) is 0 Å². The summed E-state index contributed by atoms with van der Waals surface area (Å²) >= 11 is 0. The van der Waals surface area contributed by atoms with Crippen LogP contribution in [0, 0.1) is 0 Å². The monoisotopic (exact) mass is 467 g/mol. The zero-order chi connectivity index (χ0) is 24.5. The molecule has 0 aliphatic heterocycles. The van der Waals surface area contributed by atoms with Gasteiger partial charge >= 0.3 is 0 Å². The minimum atomic E-state index is 0.253. The Balaban J connectivity index is 3.44. The molecule has 0 fully saturated rings. The maximum atomic E-state index is 12.1. The van der Waals surface area contributed by atoms with Gasteiger partial charge in [0, 0.05) is 6.42 Å². The molecule has 1 amide bonds. The predicted molar refractivity (Wildman–Crippen MR) is 148 cm³/mol. The van der Waals surface area contributed by atoms with E-state index in [1.165, 1.54) is 135 Å². The van der Waals surface area contributed by atoms with Gasteiger partial charge < -0.3 is 9.80 Å². The number of nitrogens with zero attached hydrogens (tertiary/aromatic N) is 1. The highest BCUT2D eigenvalue weighted by Crippen LogP contribution is 2.13. The molecule has 0 radical (unpaired) electrons. The summed E-state index contributed by atoms with van der Waals surface area (Å²) in [5.41, 5.74) is 0. The Morgan fingerprint density at radius 3 is 1.30 bits per heavy atom. The Morgan fingerprint density at radius 2 is 0.879 bits per heavy atom. The highest BCUT2D eigenvalue weighted by atomic mass is 16.1. The summed E-state index contributed by atoms with van der Waals surface area (Å²) in [5.74, 6) is 0.253. The Morgan fingerprint density at radius 1 is 0.515 bits per heavy atom. The van der Waals surface area contributed by atoms with Crippen LogP contribution in [0.3, 0.4) is 0 Å². The smallest absolute Gasteiger partial charge is 0.220 e. The first kappa shape index (κ1) is 32.4. The van der Waals surface area contributed by atoms with E-state index in [9.17, 15) is 4.79 Å². The van der Waals surface area contributed by atoms with Gasteiger partial charge in [0.1, 0.15) is 0 Å². The van der Waals surface area contributed by atoms with Crippen molar-refractivity contribution < 1.29 is 9.28 Å². The van der Waals surface area contributed by atoms with Crippen LogP contribution < -0.4 is 5.32 Å². The molecule has 0 aromatic rings. The third-order valence-corrected chi connectivity index (χ3v) is 7.16. The van der Waals surface area contributed by atoms with Gasteiger partial charge in [0.2, 0.25) is 5.91 Å². The van der Waals surface area contributed by atoms with E-state index in [1.54, 1.807) is 0 Å². The summed E-state index contributed by atoms with van der Waals surface area (Å²) in [5, 5.41) is 3.16. The van der Waals surface area contributed by atoms with Gasteiger partial charge in [0.25, 0.3) is 0 Å². The van der Waals surface area contributed by atoms with Crippen LogP contribution in [0.1, 0.15) is 155 Å². The number of carbonyl (C=O) groups is 1. The fraction of sp³-hybridized carbons (Fsp3) is 0.967. The molecule has 0 atom stereocenters. The van der Waals surface area contributed by atoms with Crippen molar-refractivity contribution in [1.29, 1.82) is 0 Å². The van der Waals surface area contributed by atoms with Crippen LogP contribution in [-0.2, 0) is 4.79 Å². The fourth-order valence-electron chi connectivity index (χ4n) is 4.68. The molecule has 0 heterocycles. The zero-order valence-electron chi connectivity index (χ0n) is 23.5. The van der Waals surface area contributed by atoms with Crippen molar-refractivity contribution in [1.82, 2.24) is 5.32 Å². The van der Waals surface area contributed by atoms with E-state index in [-0.39, 0.29) is 5.91 Å². The molecule has 3 nitrogen and oxygen atoms in total. The third kappa shape index (κ3) is 25.9. The van der Waals surface area contributed by atoms with Crippen LogP contribution in [0.25, 0.3) is 0 Å². The van der Waals surface area contributed by atoms with Crippen molar-refractivity contribution in [3.05, 3.63) is 0 Å². The number of hydrogen-bond acceptors (Lipinski definition) is 1. The van der Waals surface area contributed by atoms with Crippen molar-refractivity contribution in [3.8, 4) is 0 Å². The molecule has 0 aliphatic rings.